The van der Waals surface area contributed by atoms with E-state index < -0.39 is 5.92 Å². The SMILES string of the molecule is CC1Cc2ccccc2C(=O)C1C(=O)c1cccnc1. The number of ketones is 2. The van der Waals surface area contributed by atoms with Crippen LogP contribution in [0, 0.1) is 11.8 Å². The quantitative estimate of drug-likeness (QED) is 0.619. The summed E-state index contributed by atoms with van der Waals surface area (Å²) < 4.78 is 0. The highest BCUT2D eigenvalue weighted by Crippen LogP contribution is 2.32. The maximum atomic E-state index is 12.6. The molecule has 3 heteroatoms. The molecule has 0 aliphatic heterocycles. The number of fused-ring (bicyclic) bond motifs is 1. The molecule has 0 saturated heterocycles. The van der Waals surface area contributed by atoms with Gasteiger partial charge in [0.1, 0.15) is 0 Å². The lowest BCUT2D eigenvalue weighted by Crippen LogP contribution is -2.36. The number of rotatable bonds is 2. The van der Waals surface area contributed by atoms with E-state index in [2.05, 4.69) is 4.98 Å². The molecule has 1 heterocycles. The van der Waals surface area contributed by atoms with E-state index in [1.807, 2.05) is 31.2 Å². The third kappa shape index (κ3) is 2.05. The van der Waals surface area contributed by atoms with Gasteiger partial charge in [-0.05, 0) is 30.0 Å². The molecule has 0 spiro atoms. The molecule has 0 amide bonds. The van der Waals surface area contributed by atoms with Crippen molar-refractivity contribution < 1.29 is 9.59 Å². The number of pyridine rings is 1. The smallest absolute Gasteiger partial charge is 0.175 e. The van der Waals surface area contributed by atoms with Crippen molar-refractivity contribution >= 4 is 11.6 Å². The summed E-state index contributed by atoms with van der Waals surface area (Å²) in [5.41, 5.74) is 2.24. The fourth-order valence-electron chi connectivity index (χ4n) is 2.89. The van der Waals surface area contributed by atoms with Gasteiger partial charge >= 0.3 is 0 Å². The van der Waals surface area contributed by atoms with Crippen molar-refractivity contribution in [3.8, 4) is 0 Å². The summed E-state index contributed by atoms with van der Waals surface area (Å²) in [7, 11) is 0. The Balaban J connectivity index is 1.99. The predicted octanol–water partition coefficient (Wildman–Crippen LogP) is 2.96. The second kappa shape index (κ2) is 5.00. The molecule has 2 unspecified atom stereocenters. The van der Waals surface area contributed by atoms with Gasteiger partial charge in [0.2, 0.25) is 0 Å². The molecule has 1 aromatic heterocycles. The number of aromatic nitrogens is 1. The Bertz CT molecular complexity index is 664. The van der Waals surface area contributed by atoms with Gasteiger partial charge in [0.05, 0.1) is 5.92 Å². The number of carbonyl (C=O) groups excluding carboxylic acids is 2. The van der Waals surface area contributed by atoms with Crippen LogP contribution in [0.5, 0.6) is 0 Å². The summed E-state index contributed by atoms with van der Waals surface area (Å²) in [6, 6.07) is 11.0. The minimum atomic E-state index is -0.589. The summed E-state index contributed by atoms with van der Waals surface area (Å²) >= 11 is 0. The molecular formula is C17H15NO2. The molecule has 2 aromatic rings. The third-order valence-corrected chi connectivity index (χ3v) is 3.90. The van der Waals surface area contributed by atoms with Gasteiger partial charge in [0.15, 0.2) is 11.6 Å². The summed E-state index contributed by atoms with van der Waals surface area (Å²) in [5, 5.41) is 0. The predicted molar refractivity (Wildman–Crippen MR) is 75.7 cm³/mol. The number of benzene rings is 1. The summed E-state index contributed by atoms with van der Waals surface area (Å²) in [4.78, 5) is 29.1. The van der Waals surface area contributed by atoms with Crippen LogP contribution in [0.4, 0.5) is 0 Å². The van der Waals surface area contributed by atoms with Crippen LogP contribution in [0.15, 0.2) is 48.8 Å². The summed E-state index contributed by atoms with van der Waals surface area (Å²) in [6.45, 7) is 1.97. The number of nitrogens with zero attached hydrogens (tertiary/aromatic N) is 1. The van der Waals surface area contributed by atoms with Crippen molar-refractivity contribution in [2.24, 2.45) is 11.8 Å². The Morgan fingerprint density at radius 3 is 2.75 bits per heavy atom. The van der Waals surface area contributed by atoms with E-state index in [1.165, 1.54) is 6.20 Å². The monoisotopic (exact) mass is 265 g/mol. The zero-order valence-electron chi connectivity index (χ0n) is 11.2. The van der Waals surface area contributed by atoms with Crippen molar-refractivity contribution in [2.45, 2.75) is 13.3 Å². The topological polar surface area (TPSA) is 47.0 Å². The van der Waals surface area contributed by atoms with Gasteiger partial charge in [-0.25, -0.2) is 0 Å². The van der Waals surface area contributed by atoms with Gasteiger partial charge < -0.3 is 0 Å². The van der Waals surface area contributed by atoms with Crippen molar-refractivity contribution in [1.29, 1.82) is 0 Å². The number of hydrogen-bond acceptors (Lipinski definition) is 3. The van der Waals surface area contributed by atoms with Gasteiger partial charge in [-0.3, -0.25) is 14.6 Å². The first-order chi connectivity index (χ1) is 9.68. The van der Waals surface area contributed by atoms with E-state index in [-0.39, 0.29) is 17.5 Å². The maximum Gasteiger partial charge on any atom is 0.175 e. The molecule has 0 fully saturated rings. The lowest BCUT2D eigenvalue weighted by Gasteiger charge is -2.28. The Morgan fingerprint density at radius 2 is 2.00 bits per heavy atom. The van der Waals surface area contributed by atoms with Crippen LogP contribution in [0.25, 0.3) is 0 Å². The molecule has 0 saturated carbocycles. The van der Waals surface area contributed by atoms with E-state index in [0.717, 1.165) is 12.0 Å². The zero-order chi connectivity index (χ0) is 14.1. The first-order valence-electron chi connectivity index (χ1n) is 6.75. The van der Waals surface area contributed by atoms with Gasteiger partial charge in [-0.1, -0.05) is 31.2 Å². The van der Waals surface area contributed by atoms with Crippen molar-refractivity contribution in [3.63, 3.8) is 0 Å². The highest BCUT2D eigenvalue weighted by Gasteiger charge is 2.38. The van der Waals surface area contributed by atoms with E-state index in [4.69, 9.17) is 0 Å². The Morgan fingerprint density at radius 1 is 1.20 bits per heavy atom. The van der Waals surface area contributed by atoms with Crippen molar-refractivity contribution in [3.05, 3.63) is 65.5 Å². The molecule has 1 aliphatic carbocycles. The van der Waals surface area contributed by atoms with Gasteiger partial charge in [0, 0.05) is 23.5 Å². The van der Waals surface area contributed by atoms with Crippen LogP contribution in [0.3, 0.4) is 0 Å². The van der Waals surface area contributed by atoms with Crippen LogP contribution in [0.1, 0.15) is 33.2 Å². The molecule has 100 valence electrons. The maximum absolute atomic E-state index is 12.6. The van der Waals surface area contributed by atoms with E-state index >= 15 is 0 Å². The lowest BCUT2D eigenvalue weighted by molar-refractivity contribution is 0.0744. The van der Waals surface area contributed by atoms with E-state index in [0.29, 0.717) is 11.1 Å². The van der Waals surface area contributed by atoms with Gasteiger partial charge in [0.25, 0.3) is 0 Å². The number of hydrogen-bond donors (Lipinski definition) is 0. The molecular weight excluding hydrogens is 250 g/mol. The first kappa shape index (κ1) is 12.7. The number of carbonyl (C=O) groups is 2. The second-order valence-electron chi connectivity index (χ2n) is 5.29. The molecule has 0 N–H and O–H groups in total. The minimum Gasteiger partial charge on any atom is -0.293 e. The Labute approximate surface area is 117 Å². The molecule has 0 radical (unpaired) electrons. The van der Waals surface area contributed by atoms with E-state index in [1.54, 1.807) is 18.3 Å². The van der Waals surface area contributed by atoms with Crippen LogP contribution in [-0.2, 0) is 6.42 Å². The molecule has 1 aliphatic rings. The van der Waals surface area contributed by atoms with Crippen LogP contribution in [0.2, 0.25) is 0 Å². The average molecular weight is 265 g/mol. The average Bonchev–Trinajstić information content (AvgIpc) is 2.48. The lowest BCUT2D eigenvalue weighted by atomic mass is 9.73. The molecule has 3 nitrogen and oxygen atoms in total. The normalized spacial score (nSPS) is 21.4. The molecule has 2 atom stereocenters. The van der Waals surface area contributed by atoms with E-state index in [9.17, 15) is 9.59 Å². The van der Waals surface area contributed by atoms with Crippen molar-refractivity contribution in [1.82, 2.24) is 4.98 Å². The van der Waals surface area contributed by atoms with Crippen LogP contribution >= 0.6 is 0 Å². The number of Topliss-reactive ketones (excluding diaryl/α,β-unsaturated/α-hetero) is 2. The zero-order valence-corrected chi connectivity index (χ0v) is 11.2. The third-order valence-electron chi connectivity index (χ3n) is 3.90. The molecule has 20 heavy (non-hydrogen) atoms. The standard InChI is InChI=1S/C17H15NO2/c1-11-9-12-5-2-3-7-14(12)17(20)15(11)16(19)13-6-4-8-18-10-13/h2-8,10-11,15H,9H2,1H3. The van der Waals surface area contributed by atoms with Gasteiger partial charge in [-0.2, -0.15) is 0 Å². The Hall–Kier alpha value is -2.29. The fraction of sp³-hybridized carbons (Fsp3) is 0.235. The van der Waals surface area contributed by atoms with Crippen LogP contribution in [-0.4, -0.2) is 16.6 Å². The molecule has 0 bridgehead atoms. The largest absolute Gasteiger partial charge is 0.293 e. The minimum absolute atomic E-state index is 0.0186. The van der Waals surface area contributed by atoms with Crippen LogP contribution < -0.4 is 0 Å². The first-order valence-corrected chi connectivity index (χ1v) is 6.75. The fourth-order valence-corrected chi connectivity index (χ4v) is 2.89. The van der Waals surface area contributed by atoms with Crippen molar-refractivity contribution in [2.75, 3.05) is 0 Å². The second-order valence-corrected chi connectivity index (χ2v) is 5.29. The highest BCUT2D eigenvalue weighted by molar-refractivity contribution is 6.17. The summed E-state index contributed by atoms with van der Waals surface area (Å²) in [6.07, 6.45) is 3.92. The molecule has 1 aromatic carbocycles. The molecule has 3 rings (SSSR count). The highest BCUT2D eigenvalue weighted by atomic mass is 16.2. The Kier molecular flexibility index (Phi) is 3.18. The summed E-state index contributed by atoms with van der Waals surface area (Å²) in [5.74, 6) is -0.752. The van der Waals surface area contributed by atoms with Gasteiger partial charge in [-0.15, -0.1) is 0 Å².